The van der Waals surface area contributed by atoms with Gasteiger partial charge in [0, 0.05) is 5.41 Å². The molecule has 26 heavy (non-hydrogen) atoms. The Morgan fingerprint density at radius 1 is 0.846 bits per heavy atom. The molecule has 0 heteroatoms. The van der Waals surface area contributed by atoms with Gasteiger partial charge in [-0.1, -0.05) is 61.7 Å². The van der Waals surface area contributed by atoms with Gasteiger partial charge in [0.1, 0.15) is 0 Å². The first-order valence-electron chi connectivity index (χ1n) is 11.1. The molecule has 0 N–H and O–H groups in total. The molecule has 2 fully saturated rings. The second kappa shape index (κ2) is 5.72. The van der Waals surface area contributed by atoms with Crippen LogP contribution >= 0.6 is 0 Å². The van der Waals surface area contributed by atoms with Gasteiger partial charge in [0.15, 0.2) is 0 Å². The van der Waals surface area contributed by atoms with E-state index in [2.05, 4.69) is 42.5 Å². The highest BCUT2D eigenvalue weighted by Crippen LogP contribution is 2.58. The van der Waals surface area contributed by atoms with Crippen LogP contribution in [0.4, 0.5) is 0 Å². The number of hydrogen-bond donors (Lipinski definition) is 0. The highest BCUT2D eigenvalue weighted by Gasteiger charge is 2.50. The Morgan fingerprint density at radius 2 is 1.77 bits per heavy atom. The first-order valence-corrected chi connectivity index (χ1v) is 11.1. The van der Waals surface area contributed by atoms with Crippen molar-refractivity contribution in [1.29, 1.82) is 0 Å². The third-order valence-electron chi connectivity index (χ3n) is 8.28. The lowest BCUT2D eigenvalue weighted by atomic mass is 9.63. The largest absolute Gasteiger partial charge is 0.0851 e. The fourth-order valence-electron chi connectivity index (χ4n) is 7.00. The van der Waals surface area contributed by atoms with Crippen molar-refractivity contribution < 1.29 is 0 Å². The van der Waals surface area contributed by atoms with Gasteiger partial charge in [-0.2, -0.15) is 0 Å². The SMILES string of the molecule is C1=CC2CC1CC21CCCc2cc3cc(C4CCCCC4)ccc3cc21. The Kier molecular flexibility index (Phi) is 3.41. The molecule has 2 bridgehead atoms. The maximum atomic E-state index is 2.60. The Hall–Kier alpha value is -1.56. The summed E-state index contributed by atoms with van der Waals surface area (Å²) in [6, 6.07) is 12.6. The van der Waals surface area contributed by atoms with E-state index in [0.717, 1.165) is 17.8 Å². The summed E-state index contributed by atoms with van der Waals surface area (Å²) < 4.78 is 0. The smallest absolute Gasteiger partial charge is 0.00246 e. The van der Waals surface area contributed by atoms with Crippen LogP contribution in [0.25, 0.3) is 10.8 Å². The highest BCUT2D eigenvalue weighted by molar-refractivity contribution is 5.85. The van der Waals surface area contributed by atoms with Crippen molar-refractivity contribution in [3.8, 4) is 0 Å². The topological polar surface area (TPSA) is 0 Å². The molecule has 134 valence electrons. The molecule has 4 aliphatic rings. The van der Waals surface area contributed by atoms with E-state index < -0.39 is 0 Å². The minimum atomic E-state index is 0.475. The number of benzene rings is 2. The number of aryl methyl sites for hydroxylation is 1. The van der Waals surface area contributed by atoms with Crippen molar-refractivity contribution in [3.05, 3.63) is 59.2 Å². The van der Waals surface area contributed by atoms with Crippen molar-refractivity contribution in [1.82, 2.24) is 0 Å². The van der Waals surface area contributed by atoms with Gasteiger partial charge >= 0.3 is 0 Å². The molecule has 2 aromatic carbocycles. The number of rotatable bonds is 1. The Morgan fingerprint density at radius 3 is 2.58 bits per heavy atom. The zero-order valence-electron chi connectivity index (χ0n) is 15.8. The standard InChI is InChI=1S/C26H30/c1-2-5-19(6-3-1)20-9-10-21-16-25-22(15-23(21)14-20)7-4-12-26(25)17-18-8-11-24(26)13-18/h8-11,14-16,18-19,24H,1-7,12-13,17H2. The molecule has 0 nitrogen and oxygen atoms in total. The second-order valence-electron chi connectivity index (χ2n) is 9.65. The van der Waals surface area contributed by atoms with Crippen molar-refractivity contribution in [2.45, 2.75) is 75.5 Å². The Labute approximate surface area is 157 Å². The highest BCUT2D eigenvalue weighted by atomic mass is 14.5. The summed E-state index contributed by atoms with van der Waals surface area (Å²) >= 11 is 0. The zero-order chi connectivity index (χ0) is 17.1. The lowest BCUT2D eigenvalue weighted by molar-refractivity contribution is 0.304. The van der Waals surface area contributed by atoms with Gasteiger partial charge in [0.25, 0.3) is 0 Å². The van der Waals surface area contributed by atoms with Gasteiger partial charge in [0.2, 0.25) is 0 Å². The van der Waals surface area contributed by atoms with E-state index in [1.807, 2.05) is 0 Å². The molecule has 4 aliphatic carbocycles. The van der Waals surface area contributed by atoms with Crippen molar-refractivity contribution in [3.63, 3.8) is 0 Å². The quantitative estimate of drug-likeness (QED) is 0.487. The van der Waals surface area contributed by atoms with Crippen molar-refractivity contribution in [2.75, 3.05) is 0 Å². The van der Waals surface area contributed by atoms with Crippen LogP contribution in [-0.4, -0.2) is 0 Å². The summed E-state index contributed by atoms with van der Waals surface area (Å²) in [4.78, 5) is 0. The molecular formula is C26H30. The van der Waals surface area contributed by atoms with Gasteiger partial charge in [-0.3, -0.25) is 0 Å². The molecule has 3 unspecified atom stereocenters. The van der Waals surface area contributed by atoms with Gasteiger partial charge < -0.3 is 0 Å². The lowest BCUT2D eigenvalue weighted by Crippen LogP contribution is -2.35. The summed E-state index contributed by atoms with van der Waals surface area (Å²) in [6.07, 6.45) is 19.1. The third kappa shape index (κ3) is 2.20. The van der Waals surface area contributed by atoms with Gasteiger partial charge in [0.05, 0.1) is 0 Å². The predicted molar refractivity (Wildman–Crippen MR) is 110 cm³/mol. The van der Waals surface area contributed by atoms with Gasteiger partial charge in [-0.05, 0) is 90.2 Å². The number of fused-ring (bicyclic) bond motifs is 6. The predicted octanol–water partition coefficient (Wildman–Crippen LogP) is 7.06. The summed E-state index contributed by atoms with van der Waals surface area (Å²) in [7, 11) is 0. The van der Waals surface area contributed by atoms with E-state index in [-0.39, 0.29) is 0 Å². The molecule has 0 saturated heterocycles. The summed E-state index contributed by atoms with van der Waals surface area (Å²) in [5.41, 5.74) is 5.47. The molecule has 0 aromatic heterocycles. The summed E-state index contributed by atoms with van der Waals surface area (Å²) in [5, 5.41) is 2.99. The molecular weight excluding hydrogens is 312 g/mol. The fourth-order valence-corrected chi connectivity index (χ4v) is 7.00. The van der Waals surface area contributed by atoms with E-state index in [9.17, 15) is 0 Å². The minimum Gasteiger partial charge on any atom is -0.0851 e. The van der Waals surface area contributed by atoms with E-state index in [1.54, 1.807) is 16.7 Å². The Balaban J connectivity index is 1.44. The van der Waals surface area contributed by atoms with Gasteiger partial charge in [-0.15, -0.1) is 0 Å². The first-order chi connectivity index (χ1) is 12.8. The maximum Gasteiger partial charge on any atom is 0.00246 e. The van der Waals surface area contributed by atoms with Crippen molar-refractivity contribution >= 4 is 10.8 Å². The van der Waals surface area contributed by atoms with Crippen LogP contribution in [0.5, 0.6) is 0 Å². The molecule has 0 amide bonds. The average Bonchev–Trinajstić information content (AvgIpc) is 3.29. The summed E-state index contributed by atoms with van der Waals surface area (Å²) in [5.74, 6) is 2.48. The van der Waals surface area contributed by atoms with E-state index >= 15 is 0 Å². The number of hydrogen-bond acceptors (Lipinski definition) is 0. The van der Waals surface area contributed by atoms with Crippen LogP contribution in [0.1, 0.15) is 80.4 Å². The molecule has 2 aromatic rings. The molecule has 1 spiro atoms. The van der Waals surface area contributed by atoms with Crippen LogP contribution in [0, 0.1) is 11.8 Å². The zero-order valence-corrected chi connectivity index (χ0v) is 15.8. The van der Waals surface area contributed by atoms with Crippen LogP contribution in [0.3, 0.4) is 0 Å². The maximum absolute atomic E-state index is 2.60. The van der Waals surface area contributed by atoms with Crippen LogP contribution in [0.2, 0.25) is 0 Å². The molecule has 3 atom stereocenters. The molecule has 0 radical (unpaired) electrons. The fraction of sp³-hybridized carbons (Fsp3) is 0.538. The van der Waals surface area contributed by atoms with Crippen molar-refractivity contribution in [2.24, 2.45) is 11.8 Å². The normalized spacial score (nSPS) is 33.2. The van der Waals surface area contributed by atoms with Crippen LogP contribution in [-0.2, 0) is 11.8 Å². The molecule has 0 aliphatic heterocycles. The molecule has 2 saturated carbocycles. The third-order valence-corrected chi connectivity index (χ3v) is 8.28. The van der Waals surface area contributed by atoms with E-state index in [0.29, 0.717) is 5.41 Å². The van der Waals surface area contributed by atoms with Gasteiger partial charge in [-0.25, -0.2) is 0 Å². The molecule has 0 heterocycles. The second-order valence-corrected chi connectivity index (χ2v) is 9.65. The average molecular weight is 343 g/mol. The van der Waals surface area contributed by atoms with E-state index in [4.69, 9.17) is 0 Å². The first kappa shape index (κ1) is 15.5. The monoisotopic (exact) mass is 342 g/mol. The van der Waals surface area contributed by atoms with E-state index in [1.165, 1.54) is 75.0 Å². The lowest BCUT2D eigenvalue weighted by Gasteiger charge is -2.41. The Bertz CT molecular complexity index is 882. The summed E-state index contributed by atoms with van der Waals surface area (Å²) in [6.45, 7) is 0. The van der Waals surface area contributed by atoms with Crippen LogP contribution < -0.4 is 0 Å². The molecule has 6 rings (SSSR count). The number of allylic oxidation sites excluding steroid dienone is 2. The van der Waals surface area contributed by atoms with Crippen LogP contribution in [0.15, 0.2) is 42.5 Å². The minimum absolute atomic E-state index is 0.475.